The summed E-state index contributed by atoms with van der Waals surface area (Å²) in [5, 5.41) is 40.9. The fourth-order valence-electron chi connectivity index (χ4n) is 11.8. The van der Waals surface area contributed by atoms with Gasteiger partial charge >= 0.3 is 26.2 Å². The number of hydrogen-bond donors (Lipinski definition) is 0. The fraction of sp³-hybridized carbons (Fsp3) is 0.844. The van der Waals surface area contributed by atoms with E-state index < -0.39 is 23.9 Å². The smallest absolute Gasteiger partial charge is 0.550 e. The number of unbranched alkanes of at least 4 members (excludes halogenated alkanes) is 58. The second kappa shape index (κ2) is 106. The Hall–Kier alpha value is -2.54. The first-order valence-corrected chi connectivity index (χ1v) is 43.0. The molecule has 0 rings (SSSR count). The minimum absolute atomic E-state index is 0. The van der Waals surface area contributed by atoms with Crippen molar-refractivity contribution in [2.45, 2.75) is 490 Å². The van der Waals surface area contributed by atoms with E-state index in [2.05, 4.69) is 89.8 Å². The van der Waals surface area contributed by atoms with Crippen molar-refractivity contribution < 1.29 is 65.8 Å². The van der Waals surface area contributed by atoms with E-state index in [1.165, 1.54) is 353 Å². The second-order valence-electron chi connectivity index (χ2n) is 28.5. The molecule has 0 aliphatic heterocycles. The molecule has 0 aromatic rings. The average Bonchev–Trinajstić information content (AvgIpc) is 3.66. The molecule has 0 fully saturated rings. The van der Waals surface area contributed by atoms with Gasteiger partial charge in [0, 0.05) is 23.9 Å². The summed E-state index contributed by atoms with van der Waals surface area (Å²) in [6, 6.07) is 0. The van der Waals surface area contributed by atoms with E-state index in [0.29, 0.717) is 0 Å². The van der Waals surface area contributed by atoms with E-state index in [4.69, 9.17) is 0 Å². The SMILES string of the molecule is C=CCCCCCCCCCCCCCCCC.CCCCCCCC/C=C\CCCCCCCC(=O)[O-].CCCCCCCC/C=C\CCCCCCCC(=O)[O-].CCCCCCCC/C=C\CCCCCCCC(=O)[O-].CCCCCCCC/C=C\CCCCCCCC(=O)[O-].[Zr+4]. The van der Waals surface area contributed by atoms with Crippen LogP contribution in [0.15, 0.2) is 61.3 Å². The third kappa shape index (κ3) is 129. The van der Waals surface area contributed by atoms with Crippen molar-refractivity contribution in [1.82, 2.24) is 0 Å². The maximum Gasteiger partial charge on any atom is 4.00 e. The summed E-state index contributed by atoms with van der Waals surface area (Å²) in [4.78, 5) is 40.9. The van der Waals surface area contributed by atoms with E-state index in [-0.39, 0.29) is 51.9 Å². The van der Waals surface area contributed by atoms with Crippen LogP contribution < -0.4 is 20.4 Å². The average molecular weight is 1470 g/mol. The van der Waals surface area contributed by atoms with Crippen molar-refractivity contribution in [3.8, 4) is 0 Å². The van der Waals surface area contributed by atoms with Crippen molar-refractivity contribution in [3.05, 3.63) is 61.3 Å². The van der Waals surface area contributed by atoms with Crippen LogP contribution in [0.4, 0.5) is 0 Å². The van der Waals surface area contributed by atoms with Gasteiger partial charge in [0.05, 0.1) is 0 Å². The molecule has 0 heterocycles. The monoisotopic (exact) mass is 1470 g/mol. The summed E-state index contributed by atoms with van der Waals surface area (Å²) in [6.07, 6.45) is 107. The number of carboxylic acid groups (broad SMARTS) is 4. The van der Waals surface area contributed by atoms with Gasteiger partial charge in [-0.1, -0.05) is 378 Å². The number of carbonyl (C=O) groups excluding carboxylic acids is 4. The quantitative estimate of drug-likeness (QED) is 0.0430. The Morgan fingerprint density at radius 2 is 0.303 bits per heavy atom. The molecule has 580 valence electrons. The van der Waals surface area contributed by atoms with Gasteiger partial charge in [0.25, 0.3) is 0 Å². The van der Waals surface area contributed by atoms with Gasteiger partial charge < -0.3 is 39.6 Å². The molecule has 0 amide bonds. The largest absolute Gasteiger partial charge is 4.00 e. The predicted molar refractivity (Wildman–Crippen MR) is 423 cm³/mol. The molecule has 0 aromatic carbocycles. The second-order valence-corrected chi connectivity index (χ2v) is 28.5. The van der Waals surface area contributed by atoms with E-state index in [1.807, 2.05) is 6.08 Å². The van der Waals surface area contributed by atoms with Crippen LogP contribution in [0, 0.1) is 0 Å². The molecule has 8 nitrogen and oxygen atoms in total. The van der Waals surface area contributed by atoms with E-state index in [0.717, 1.165) is 77.0 Å². The summed E-state index contributed by atoms with van der Waals surface area (Å²) < 4.78 is 0. The summed E-state index contributed by atoms with van der Waals surface area (Å²) >= 11 is 0. The maximum absolute atomic E-state index is 10.2. The molecule has 0 radical (unpaired) electrons. The van der Waals surface area contributed by atoms with Crippen LogP contribution in [0.1, 0.15) is 490 Å². The van der Waals surface area contributed by atoms with Gasteiger partial charge in [-0.3, -0.25) is 0 Å². The third-order valence-corrected chi connectivity index (χ3v) is 18.3. The van der Waals surface area contributed by atoms with Crippen molar-refractivity contribution in [2.24, 2.45) is 0 Å². The van der Waals surface area contributed by atoms with Crippen molar-refractivity contribution in [3.63, 3.8) is 0 Å². The molecular weight excluding hydrogens is 1300 g/mol. The Morgan fingerprint density at radius 3 is 0.424 bits per heavy atom. The molecule has 9 heteroatoms. The first kappa shape index (κ1) is 107. The third-order valence-electron chi connectivity index (χ3n) is 18.3. The Morgan fingerprint density at radius 1 is 0.192 bits per heavy atom. The minimum atomic E-state index is -0.914. The maximum atomic E-state index is 10.2. The molecule has 0 bridgehead atoms. The van der Waals surface area contributed by atoms with Crippen LogP contribution in [-0.2, 0) is 45.4 Å². The van der Waals surface area contributed by atoms with Crippen LogP contribution in [0.2, 0.25) is 0 Å². The Balaban J connectivity index is -0.000000272. The van der Waals surface area contributed by atoms with Crippen LogP contribution in [0.3, 0.4) is 0 Å². The number of carbonyl (C=O) groups is 4. The van der Waals surface area contributed by atoms with Crippen LogP contribution >= 0.6 is 0 Å². The van der Waals surface area contributed by atoms with Gasteiger partial charge in [-0.2, -0.15) is 0 Å². The van der Waals surface area contributed by atoms with Gasteiger partial charge in [-0.15, -0.1) is 6.58 Å². The van der Waals surface area contributed by atoms with Crippen LogP contribution in [0.25, 0.3) is 0 Å². The Bertz CT molecular complexity index is 1440. The summed E-state index contributed by atoms with van der Waals surface area (Å²) in [5.41, 5.74) is 0. The van der Waals surface area contributed by atoms with Gasteiger partial charge in [-0.05, 0) is 167 Å². The zero-order chi connectivity index (χ0) is 72.9. The van der Waals surface area contributed by atoms with E-state index >= 15 is 0 Å². The zero-order valence-corrected chi connectivity index (χ0v) is 69.3. The topological polar surface area (TPSA) is 161 Å². The van der Waals surface area contributed by atoms with Crippen molar-refractivity contribution in [2.75, 3.05) is 0 Å². The minimum Gasteiger partial charge on any atom is -0.550 e. The fourth-order valence-corrected chi connectivity index (χ4v) is 11.8. The standard InChI is InChI=1S/4C18H34O2.C18H36.Zr/c4*1-2-3-4-5-6-7-8-9-10-11-12-13-14-15-16-17-18(19)20;1-3-5-7-9-11-13-15-17-18-16-14-12-10-8-6-4-2;/h4*9-10H,2-8,11-17H2,1H3,(H,19,20);3H,1,4-18H2,2H3;/q;;;;;+4/p-4/b4*10-9-;;. The van der Waals surface area contributed by atoms with Crippen LogP contribution in [-0.4, -0.2) is 23.9 Å². The molecule has 0 N–H and O–H groups in total. The summed E-state index contributed by atoms with van der Waals surface area (Å²) in [7, 11) is 0. The normalized spacial score (nSPS) is 11.0. The molecule has 0 spiro atoms. The van der Waals surface area contributed by atoms with Gasteiger partial charge in [-0.25, -0.2) is 0 Å². The zero-order valence-electron chi connectivity index (χ0n) is 66.9. The van der Waals surface area contributed by atoms with Crippen molar-refractivity contribution in [1.29, 1.82) is 0 Å². The number of allylic oxidation sites excluding steroid dienone is 9. The summed E-state index contributed by atoms with van der Waals surface area (Å²) in [5.74, 6) is -3.66. The molecule has 99 heavy (non-hydrogen) atoms. The molecule has 0 saturated carbocycles. The number of aliphatic carboxylic acids is 4. The van der Waals surface area contributed by atoms with Gasteiger partial charge in [0.15, 0.2) is 0 Å². The number of carboxylic acids is 4. The van der Waals surface area contributed by atoms with Gasteiger partial charge in [0.2, 0.25) is 0 Å². The number of rotatable bonds is 75. The first-order valence-electron chi connectivity index (χ1n) is 43.0. The molecule has 0 atom stereocenters. The molecule has 0 saturated heterocycles. The molecule has 0 aromatic heterocycles. The van der Waals surface area contributed by atoms with Crippen LogP contribution in [0.5, 0.6) is 0 Å². The first-order chi connectivity index (χ1) is 48.0. The molecule has 0 unspecified atom stereocenters. The molecule has 0 aliphatic rings. The Kier molecular flexibility index (Phi) is 115. The number of hydrogen-bond acceptors (Lipinski definition) is 8. The van der Waals surface area contributed by atoms with Gasteiger partial charge in [0.1, 0.15) is 0 Å². The summed E-state index contributed by atoms with van der Waals surface area (Å²) in [6.45, 7) is 15.1. The van der Waals surface area contributed by atoms with E-state index in [1.54, 1.807) is 0 Å². The van der Waals surface area contributed by atoms with Crippen molar-refractivity contribution >= 4 is 23.9 Å². The predicted octanol–water partition coefficient (Wildman–Crippen LogP) is 26.1. The molecule has 0 aliphatic carbocycles. The van der Waals surface area contributed by atoms with E-state index in [9.17, 15) is 39.6 Å². The molecular formula is C90H168O8Zr. The Labute approximate surface area is 637 Å².